The molecule has 0 saturated heterocycles. The maximum Gasteiger partial charge on any atom is 0.0314 e. The number of unbranched alkanes of at least 4 members (excludes halogenated alkanes) is 1. The van der Waals surface area contributed by atoms with Gasteiger partial charge in [-0.3, -0.25) is 4.90 Å². The summed E-state index contributed by atoms with van der Waals surface area (Å²) in [5, 5.41) is 0. The standard InChI is InChI=1S/C18H30N2/c1-3-5-6-15(4-2)13-20(18-11-12-18)14-16-7-9-17(19)10-8-16/h7-10,15,18H,3-6,11-14,19H2,1-2H3. The van der Waals surface area contributed by atoms with Crippen LogP contribution < -0.4 is 5.73 Å². The van der Waals surface area contributed by atoms with Gasteiger partial charge in [0, 0.05) is 24.8 Å². The molecule has 0 heterocycles. The Labute approximate surface area is 124 Å². The van der Waals surface area contributed by atoms with E-state index in [1.54, 1.807) is 0 Å². The fourth-order valence-corrected chi connectivity index (χ4v) is 2.89. The summed E-state index contributed by atoms with van der Waals surface area (Å²) in [6, 6.07) is 9.24. The van der Waals surface area contributed by atoms with Crippen LogP contribution in [0.15, 0.2) is 24.3 Å². The molecule has 0 aromatic heterocycles. The second kappa shape index (κ2) is 7.68. The number of nitrogen functional groups attached to an aromatic ring is 1. The summed E-state index contributed by atoms with van der Waals surface area (Å²) >= 11 is 0. The summed E-state index contributed by atoms with van der Waals surface area (Å²) in [5.74, 6) is 0.865. The highest BCUT2D eigenvalue weighted by Crippen LogP contribution is 2.30. The zero-order chi connectivity index (χ0) is 14.4. The Morgan fingerprint density at radius 3 is 2.45 bits per heavy atom. The Balaban J connectivity index is 1.91. The van der Waals surface area contributed by atoms with E-state index in [2.05, 4.69) is 30.9 Å². The van der Waals surface area contributed by atoms with Crippen molar-refractivity contribution in [3.8, 4) is 0 Å². The van der Waals surface area contributed by atoms with Crippen LogP contribution in [0.2, 0.25) is 0 Å². The topological polar surface area (TPSA) is 29.3 Å². The summed E-state index contributed by atoms with van der Waals surface area (Å²) in [6.45, 7) is 6.99. The van der Waals surface area contributed by atoms with E-state index in [4.69, 9.17) is 5.73 Å². The van der Waals surface area contributed by atoms with Crippen LogP contribution in [0.1, 0.15) is 57.9 Å². The van der Waals surface area contributed by atoms with Gasteiger partial charge in [0.15, 0.2) is 0 Å². The molecule has 0 spiro atoms. The number of nitrogens with zero attached hydrogens (tertiary/aromatic N) is 1. The highest BCUT2D eigenvalue weighted by atomic mass is 15.2. The van der Waals surface area contributed by atoms with Crippen LogP contribution in [0, 0.1) is 5.92 Å². The molecule has 0 aliphatic heterocycles. The van der Waals surface area contributed by atoms with Crippen LogP contribution in [0.5, 0.6) is 0 Å². The van der Waals surface area contributed by atoms with Crippen molar-refractivity contribution >= 4 is 5.69 Å². The summed E-state index contributed by atoms with van der Waals surface area (Å²) in [4.78, 5) is 2.70. The van der Waals surface area contributed by atoms with E-state index < -0.39 is 0 Å². The average Bonchev–Trinajstić information content (AvgIpc) is 3.29. The van der Waals surface area contributed by atoms with Crippen LogP contribution in [-0.4, -0.2) is 17.5 Å². The largest absolute Gasteiger partial charge is 0.399 e. The van der Waals surface area contributed by atoms with E-state index in [0.717, 1.165) is 24.2 Å². The lowest BCUT2D eigenvalue weighted by molar-refractivity contribution is 0.202. The Morgan fingerprint density at radius 1 is 1.20 bits per heavy atom. The molecule has 1 aromatic carbocycles. The molecule has 20 heavy (non-hydrogen) atoms. The molecule has 0 amide bonds. The van der Waals surface area contributed by atoms with E-state index in [0.29, 0.717) is 0 Å². The summed E-state index contributed by atoms with van der Waals surface area (Å²) in [5.41, 5.74) is 8.03. The van der Waals surface area contributed by atoms with Gasteiger partial charge in [-0.2, -0.15) is 0 Å². The van der Waals surface area contributed by atoms with Crippen LogP contribution >= 0.6 is 0 Å². The molecule has 1 aromatic rings. The molecule has 2 N–H and O–H groups in total. The number of rotatable bonds is 9. The van der Waals surface area contributed by atoms with Crippen LogP contribution in [0.3, 0.4) is 0 Å². The minimum absolute atomic E-state index is 0.836. The molecule has 112 valence electrons. The molecule has 2 heteroatoms. The molecule has 1 aliphatic carbocycles. The van der Waals surface area contributed by atoms with E-state index in [9.17, 15) is 0 Å². The summed E-state index contributed by atoms with van der Waals surface area (Å²) in [6.07, 6.45) is 8.16. The Bertz CT molecular complexity index is 381. The predicted molar refractivity (Wildman–Crippen MR) is 87.6 cm³/mol. The smallest absolute Gasteiger partial charge is 0.0314 e. The molecule has 2 rings (SSSR count). The zero-order valence-electron chi connectivity index (χ0n) is 13.1. The van der Waals surface area contributed by atoms with Gasteiger partial charge in [-0.15, -0.1) is 0 Å². The number of hydrogen-bond donors (Lipinski definition) is 1. The molecule has 2 nitrogen and oxygen atoms in total. The van der Waals surface area contributed by atoms with Crippen molar-refractivity contribution < 1.29 is 0 Å². The quantitative estimate of drug-likeness (QED) is 0.674. The Morgan fingerprint density at radius 2 is 1.90 bits per heavy atom. The van der Waals surface area contributed by atoms with Crippen LogP contribution in [-0.2, 0) is 6.54 Å². The third-order valence-electron chi connectivity index (χ3n) is 4.46. The predicted octanol–water partition coefficient (Wildman–Crippen LogP) is 4.45. The fourth-order valence-electron chi connectivity index (χ4n) is 2.89. The maximum absolute atomic E-state index is 5.77. The van der Waals surface area contributed by atoms with Crippen molar-refractivity contribution in [2.45, 2.75) is 65.0 Å². The molecule has 1 fully saturated rings. The molecule has 0 radical (unpaired) electrons. The zero-order valence-corrected chi connectivity index (χ0v) is 13.1. The molecule has 1 aliphatic rings. The second-order valence-corrected chi connectivity index (χ2v) is 6.32. The van der Waals surface area contributed by atoms with E-state index >= 15 is 0 Å². The first kappa shape index (κ1) is 15.4. The van der Waals surface area contributed by atoms with Gasteiger partial charge in [-0.1, -0.05) is 45.2 Å². The van der Waals surface area contributed by atoms with Crippen LogP contribution in [0.4, 0.5) is 5.69 Å². The van der Waals surface area contributed by atoms with Gasteiger partial charge >= 0.3 is 0 Å². The number of hydrogen-bond acceptors (Lipinski definition) is 2. The number of nitrogens with two attached hydrogens (primary N) is 1. The van der Waals surface area contributed by atoms with Crippen molar-refractivity contribution in [1.29, 1.82) is 0 Å². The maximum atomic E-state index is 5.77. The molecule has 1 atom stereocenters. The van der Waals surface area contributed by atoms with Gasteiger partial charge in [0.25, 0.3) is 0 Å². The third kappa shape index (κ3) is 4.82. The molecule has 0 bridgehead atoms. The van der Waals surface area contributed by atoms with Crippen molar-refractivity contribution in [2.24, 2.45) is 5.92 Å². The lowest BCUT2D eigenvalue weighted by atomic mass is 9.98. The molecule has 1 unspecified atom stereocenters. The first-order chi connectivity index (χ1) is 9.72. The summed E-state index contributed by atoms with van der Waals surface area (Å²) < 4.78 is 0. The fraction of sp³-hybridized carbons (Fsp3) is 0.667. The van der Waals surface area contributed by atoms with Crippen molar-refractivity contribution in [3.05, 3.63) is 29.8 Å². The monoisotopic (exact) mass is 274 g/mol. The highest BCUT2D eigenvalue weighted by Gasteiger charge is 2.30. The third-order valence-corrected chi connectivity index (χ3v) is 4.46. The first-order valence-electron chi connectivity index (χ1n) is 8.31. The average molecular weight is 274 g/mol. The molecular formula is C18H30N2. The van der Waals surface area contributed by atoms with Gasteiger partial charge in [0.05, 0.1) is 0 Å². The Kier molecular flexibility index (Phi) is 5.90. The van der Waals surface area contributed by atoms with Gasteiger partial charge in [0.1, 0.15) is 0 Å². The van der Waals surface area contributed by atoms with E-state index in [1.165, 1.54) is 50.6 Å². The van der Waals surface area contributed by atoms with Crippen molar-refractivity contribution in [3.63, 3.8) is 0 Å². The second-order valence-electron chi connectivity index (χ2n) is 6.32. The number of anilines is 1. The van der Waals surface area contributed by atoms with Crippen LogP contribution in [0.25, 0.3) is 0 Å². The first-order valence-corrected chi connectivity index (χ1v) is 8.31. The molecular weight excluding hydrogens is 244 g/mol. The van der Waals surface area contributed by atoms with Gasteiger partial charge in [-0.25, -0.2) is 0 Å². The van der Waals surface area contributed by atoms with E-state index in [1.807, 2.05) is 12.1 Å². The Hall–Kier alpha value is -1.02. The lowest BCUT2D eigenvalue weighted by Crippen LogP contribution is -2.31. The van der Waals surface area contributed by atoms with Crippen molar-refractivity contribution in [2.75, 3.05) is 12.3 Å². The van der Waals surface area contributed by atoms with Crippen molar-refractivity contribution in [1.82, 2.24) is 4.90 Å². The normalized spacial score (nSPS) is 16.6. The molecule has 1 saturated carbocycles. The van der Waals surface area contributed by atoms with Gasteiger partial charge in [-0.05, 0) is 42.9 Å². The minimum Gasteiger partial charge on any atom is -0.399 e. The minimum atomic E-state index is 0.836. The van der Waals surface area contributed by atoms with Gasteiger partial charge < -0.3 is 5.73 Å². The van der Waals surface area contributed by atoms with Gasteiger partial charge in [0.2, 0.25) is 0 Å². The van der Waals surface area contributed by atoms with E-state index in [-0.39, 0.29) is 0 Å². The lowest BCUT2D eigenvalue weighted by Gasteiger charge is -2.27. The number of benzene rings is 1. The highest BCUT2D eigenvalue weighted by molar-refractivity contribution is 5.39. The SMILES string of the molecule is CCCCC(CC)CN(Cc1ccc(N)cc1)C1CC1. The summed E-state index contributed by atoms with van der Waals surface area (Å²) in [7, 11) is 0.